The highest BCUT2D eigenvalue weighted by Gasteiger charge is 2.25. The van der Waals surface area contributed by atoms with Gasteiger partial charge in [0.1, 0.15) is 5.82 Å². The minimum atomic E-state index is -0.268. The summed E-state index contributed by atoms with van der Waals surface area (Å²) in [5.74, 6) is -0.144. The number of carbonyl (C=O) groups excluding carboxylic acids is 1. The van der Waals surface area contributed by atoms with Gasteiger partial charge in [-0.05, 0) is 49.9 Å². The van der Waals surface area contributed by atoms with Crippen molar-refractivity contribution in [1.29, 1.82) is 0 Å². The monoisotopic (exact) mass is 298 g/mol. The molecule has 5 heteroatoms. The summed E-state index contributed by atoms with van der Waals surface area (Å²) in [7, 11) is 0. The van der Waals surface area contributed by atoms with Crippen LogP contribution in [0, 0.1) is 5.82 Å². The lowest BCUT2D eigenvalue weighted by Crippen LogP contribution is -2.31. The molecule has 2 heterocycles. The largest absolute Gasteiger partial charge is 0.314 e. The second-order valence-electron chi connectivity index (χ2n) is 5.40. The van der Waals surface area contributed by atoms with Crippen LogP contribution in [0.2, 0.25) is 0 Å². The number of nitrogens with one attached hydrogen (secondary N) is 1. The molecule has 1 N–H and O–H groups in total. The van der Waals surface area contributed by atoms with Gasteiger partial charge in [-0.1, -0.05) is 6.07 Å². The number of fused-ring (bicyclic) bond motifs is 1. The van der Waals surface area contributed by atoms with Crippen molar-refractivity contribution in [3.8, 4) is 0 Å². The Hall–Kier alpha value is -1.13. The molecule has 0 aromatic heterocycles. The Bertz CT molecular complexity index is 489. The van der Waals surface area contributed by atoms with Crippen LogP contribution in [-0.2, 0) is 11.2 Å². The quantitative estimate of drug-likeness (QED) is 0.930. The van der Waals surface area contributed by atoms with Crippen LogP contribution in [0.1, 0.15) is 31.2 Å². The lowest BCUT2D eigenvalue weighted by atomic mass is 10.1. The first-order valence-electron chi connectivity index (χ1n) is 7.06. The van der Waals surface area contributed by atoms with Crippen LogP contribution in [0.3, 0.4) is 0 Å². The highest BCUT2D eigenvalue weighted by Crippen LogP contribution is 2.29. The minimum Gasteiger partial charge on any atom is -0.314 e. The van der Waals surface area contributed by atoms with Gasteiger partial charge in [0, 0.05) is 24.7 Å². The third-order valence-electron chi connectivity index (χ3n) is 4.11. The van der Waals surface area contributed by atoms with Crippen molar-refractivity contribution < 1.29 is 9.18 Å². The fourth-order valence-electron chi connectivity index (χ4n) is 3.05. The standard InChI is InChI=1S/C15H19FN2O.ClH/c16-12-4-3-11-7-9-18(14(11)10-12)15(19)6-5-13-2-1-8-17-13;/h3-4,10,13,17H,1-2,5-9H2;1H. The van der Waals surface area contributed by atoms with E-state index in [1.54, 1.807) is 11.0 Å². The summed E-state index contributed by atoms with van der Waals surface area (Å²) in [6.45, 7) is 1.76. The number of benzene rings is 1. The van der Waals surface area contributed by atoms with Crippen LogP contribution >= 0.6 is 12.4 Å². The van der Waals surface area contributed by atoms with Crippen LogP contribution in [0.25, 0.3) is 0 Å². The van der Waals surface area contributed by atoms with Gasteiger partial charge in [0.25, 0.3) is 0 Å². The van der Waals surface area contributed by atoms with Gasteiger partial charge in [0.05, 0.1) is 0 Å². The number of carbonyl (C=O) groups is 1. The molecule has 0 saturated carbocycles. The number of hydrogen-bond donors (Lipinski definition) is 1. The Labute approximate surface area is 124 Å². The highest BCUT2D eigenvalue weighted by atomic mass is 35.5. The zero-order valence-corrected chi connectivity index (χ0v) is 12.2. The summed E-state index contributed by atoms with van der Waals surface area (Å²) in [6.07, 6.45) is 4.64. The lowest BCUT2D eigenvalue weighted by Gasteiger charge is -2.18. The number of hydrogen-bond acceptors (Lipinski definition) is 2. The molecule has 3 rings (SSSR count). The molecule has 0 aliphatic carbocycles. The molecule has 1 unspecified atom stereocenters. The summed E-state index contributed by atoms with van der Waals surface area (Å²) < 4.78 is 13.3. The molecule has 1 atom stereocenters. The van der Waals surface area contributed by atoms with E-state index >= 15 is 0 Å². The van der Waals surface area contributed by atoms with E-state index in [-0.39, 0.29) is 24.1 Å². The van der Waals surface area contributed by atoms with Crippen LogP contribution in [0.5, 0.6) is 0 Å². The summed E-state index contributed by atoms with van der Waals surface area (Å²) in [6, 6.07) is 5.22. The molecule has 2 aliphatic heterocycles. The van der Waals surface area contributed by atoms with Gasteiger partial charge in [-0.25, -0.2) is 4.39 Å². The Morgan fingerprint density at radius 1 is 1.45 bits per heavy atom. The van der Waals surface area contributed by atoms with Gasteiger partial charge in [-0.3, -0.25) is 4.79 Å². The van der Waals surface area contributed by atoms with E-state index < -0.39 is 0 Å². The van der Waals surface area contributed by atoms with Gasteiger partial charge in [0.2, 0.25) is 5.91 Å². The normalized spacial score (nSPS) is 20.6. The van der Waals surface area contributed by atoms with E-state index in [4.69, 9.17) is 0 Å². The van der Waals surface area contributed by atoms with Gasteiger partial charge in [0.15, 0.2) is 0 Å². The molecular formula is C15H20ClFN2O. The third kappa shape index (κ3) is 3.13. The number of anilines is 1. The van der Waals surface area contributed by atoms with Crippen molar-refractivity contribution >= 4 is 24.0 Å². The van der Waals surface area contributed by atoms with E-state index in [0.717, 1.165) is 30.6 Å². The first-order valence-corrected chi connectivity index (χ1v) is 7.06. The van der Waals surface area contributed by atoms with Gasteiger partial charge in [-0.2, -0.15) is 0 Å². The molecule has 1 aromatic carbocycles. The number of amides is 1. The Balaban J connectivity index is 0.00000147. The van der Waals surface area contributed by atoms with Crippen molar-refractivity contribution in [2.45, 2.75) is 38.1 Å². The molecule has 3 nitrogen and oxygen atoms in total. The topological polar surface area (TPSA) is 32.3 Å². The van der Waals surface area contributed by atoms with Crippen LogP contribution in [0.4, 0.5) is 10.1 Å². The minimum absolute atomic E-state index is 0. The maximum atomic E-state index is 13.3. The molecule has 1 saturated heterocycles. The Morgan fingerprint density at radius 3 is 3.05 bits per heavy atom. The first-order chi connectivity index (χ1) is 9.24. The number of nitrogens with zero attached hydrogens (tertiary/aromatic N) is 1. The van der Waals surface area contributed by atoms with E-state index in [1.165, 1.54) is 25.0 Å². The lowest BCUT2D eigenvalue weighted by molar-refractivity contribution is -0.118. The SMILES string of the molecule is Cl.O=C(CCC1CCCN1)N1CCc2ccc(F)cc21. The zero-order chi connectivity index (χ0) is 13.2. The fraction of sp³-hybridized carbons (Fsp3) is 0.533. The Kier molecular flexibility index (Phi) is 5.00. The average Bonchev–Trinajstić information content (AvgIpc) is 3.04. The molecule has 1 fully saturated rings. The van der Waals surface area contributed by atoms with Crippen molar-refractivity contribution in [3.63, 3.8) is 0 Å². The highest BCUT2D eigenvalue weighted by molar-refractivity contribution is 5.95. The van der Waals surface area contributed by atoms with Crippen molar-refractivity contribution in [2.24, 2.45) is 0 Å². The van der Waals surface area contributed by atoms with Crippen LogP contribution < -0.4 is 10.2 Å². The first kappa shape index (κ1) is 15.3. The fourth-order valence-corrected chi connectivity index (χ4v) is 3.05. The summed E-state index contributed by atoms with van der Waals surface area (Å²) >= 11 is 0. The molecule has 1 aromatic rings. The van der Waals surface area contributed by atoms with Gasteiger partial charge >= 0.3 is 0 Å². The number of halogens is 2. The molecular weight excluding hydrogens is 279 g/mol. The summed E-state index contributed by atoms with van der Waals surface area (Å²) in [5.41, 5.74) is 1.85. The Morgan fingerprint density at radius 2 is 2.30 bits per heavy atom. The zero-order valence-electron chi connectivity index (χ0n) is 11.4. The van der Waals surface area contributed by atoms with E-state index in [1.807, 2.05) is 0 Å². The van der Waals surface area contributed by atoms with Crippen molar-refractivity contribution in [2.75, 3.05) is 18.0 Å². The number of rotatable bonds is 3. The summed E-state index contributed by atoms with van der Waals surface area (Å²) in [4.78, 5) is 14.0. The molecule has 2 aliphatic rings. The van der Waals surface area contributed by atoms with Crippen LogP contribution in [0.15, 0.2) is 18.2 Å². The predicted molar refractivity (Wildman–Crippen MR) is 80.0 cm³/mol. The van der Waals surface area contributed by atoms with E-state index in [9.17, 15) is 9.18 Å². The molecule has 0 bridgehead atoms. The van der Waals surface area contributed by atoms with Crippen molar-refractivity contribution in [1.82, 2.24) is 5.32 Å². The average molecular weight is 299 g/mol. The van der Waals surface area contributed by atoms with Gasteiger partial charge in [-0.15, -0.1) is 12.4 Å². The molecule has 20 heavy (non-hydrogen) atoms. The molecule has 110 valence electrons. The summed E-state index contributed by atoms with van der Waals surface area (Å²) in [5, 5.41) is 3.40. The second kappa shape index (κ2) is 6.55. The second-order valence-corrected chi connectivity index (χ2v) is 5.40. The molecule has 1 amide bonds. The smallest absolute Gasteiger partial charge is 0.227 e. The predicted octanol–water partition coefficient (Wildman–Crippen LogP) is 2.67. The third-order valence-corrected chi connectivity index (χ3v) is 4.11. The van der Waals surface area contributed by atoms with E-state index in [0.29, 0.717) is 19.0 Å². The van der Waals surface area contributed by atoms with Crippen LogP contribution in [-0.4, -0.2) is 25.0 Å². The van der Waals surface area contributed by atoms with E-state index in [2.05, 4.69) is 5.32 Å². The van der Waals surface area contributed by atoms with Crippen molar-refractivity contribution in [3.05, 3.63) is 29.6 Å². The maximum absolute atomic E-state index is 13.3. The van der Waals surface area contributed by atoms with Gasteiger partial charge < -0.3 is 10.2 Å². The maximum Gasteiger partial charge on any atom is 0.227 e. The molecule has 0 radical (unpaired) electrons. The molecule has 0 spiro atoms.